The Bertz CT molecular complexity index is 1220. The quantitative estimate of drug-likeness (QED) is 0.196. The molecule has 1 aliphatic rings. The normalized spacial score (nSPS) is 22.3. The Morgan fingerprint density at radius 2 is 1.94 bits per heavy atom. The number of benzene rings is 1. The zero-order chi connectivity index (χ0) is 25.2. The Morgan fingerprint density at radius 3 is 2.66 bits per heavy atom. The van der Waals surface area contributed by atoms with Crippen molar-refractivity contribution < 1.29 is 48.0 Å². The van der Waals surface area contributed by atoms with E-state index in [1.54, 1.807) is 12.1 Å². The number of hydrogen-bond donors (Lipinski definition) is 6. The molecule has 1 saturated heterocycles. The van der Waals surface area contributed by atoms with Gasteiger partial charge in [0.1, 0.15) is 35.9 Å². The van der Waals surface area contributed by atoms with Crippen molar-refractivity contribution in [1.29, 1.82) is 0 Å². The lowest BCUT2D eigenvalue weighted by molar-refractivity contribution is -0.116. The van der Waals surface area contributed by atoms with Gasteiger partial charge in [0.15, 0.2) is 23.0 Å². The summed E-state index contributed by atoms with van der Waals surface area (Å²) in [7, 11) is -1.91. The van der Waals surface area contributed by atoms with Crippen molar-refractivity contribution in [2.75, 3.05) is 26.1 Å². The number of phosphoric acid groups is 1. The summed E-state index contributed by atoms with van der Waals surface area (Å²) in [5.74, 6) is 1.35. The predicted molar refractivity (Wildman–Crippen MR) is 118 cm³/mol. The first kappa shape index (κ1) is 25.1. The van der Waals surface area contributed by atoms with Gasteiger partial charge >= 0.3 is 7.82 Å². The zero-order valence-corrected chi connectivity index (χ0v) is 19.5. The summed E-state index contributed by atoms with van der Waals surface area (Å²) in [5.41, 5.74) is 1.59. The molecule has 1 aliphatic heterocycles. The molecule has 0 radical (unpaired) electrons. The summed E-state index contributed by atoms with van der Waals surface area (Å²) in [6.07, 6.45) is -2.85. The summed E-state index contributed by atoms with van der Waals surface area (Å²) < 4.78 is 37.5. The molecule has 0 amide bonds. The Morgan fingerprint density at radius 1 is 1.14 bits per heavy atom. The molecule has 190 valence electrons. The van der Waals surface area contributed by atoms with Crippen LogP contribution in [0.15, 0.2) is 24.8 Å². The van der Waals surface area contributed by atoms with Crippen LogP contribution >= 0.6 is 7.82 Å². The average molecular weight is 513 g/mol. The SMILES string of the molecule is COc1cc(CNc2ncnc3nc[nH]c23)c(OC2O[C@H](COP(=O)(O)O)[C@@H](O)[C@H]2O)c(OC)c1. The van der Waals surface area contributed by atoms with Crippen LogP contribution in [0.1, 0.15) is 5.56 Å². The highest BCUT2D eigenvalue weighted by Gasteiger charge is 2.45. The Balaban J connectivity index is 1.58. The third kappa shape index (κ3) is 5.62. The molecule has 2 aromatic heterocycles. The lowest BCUT2D eigenvalue weighted by Gasteiger charge is -2.22. The molecule has 0 spiro atoms. The Kier molecular flexibility index (Phi) is 7.37. The van der Waals surface area contributed by atoms with Crippen molar-refractivity contribution in [1.82, 2.24) is 19.9 Å². The number of rotatable bonds is 10. The van der Waals surface area contributed by atoms with Crippen LogP contribution in [0.25, 0.3) is 11.2 Å². The second-order valence-electron chi connectivity index (χ2n) is 7.42. The second-order valence-corrected chi connectivity index (χ2v) is 8.66. The van der Waals surface area contributed by atoms with Crippen LogP contribution in [-0.4, -0.2) is 85.4 Å². The average Bonchev–Trinajstić information content (AvgIpc) is 3.42. The number of anilines is 1. The van der Waals surface area contributed by atoms with Gasteiger partial charge in [-0.15, -0.1) is 0 Å². The van der Waals surface area contributed by atoms with E-state index in [-0.39, 0.29) is 18.0 Å². The van der Waals surface area contributed by atoms with E-state index in [4.69, 9.17) is 28.7 Å². The minimum Gasteiger partial charge on any atom is -0.497 e. The summed E-state index contributed by atoms with van der Waals surface area (Å²) in [4.78, 5) is 33.1. The van der Waals surface area contributed by atoms with Gasteiger partial charge < -0.3 is 49.2 Å². The molecule has 35 heavy (non-hydrogen) atoms. The molecule has 3 heterocycles. The highest BCUT2D eigenvalue weighted by molar-refractivity contribution is 7.46. The van der Waals surface area contributed by atoms with Gasteiger partial charge in [-0.2, -0.15) is 0 Å². The molecule has 0 saturated carbocycles. The van der Waals surface area contributed by atoms with Crippen LogP contribution in [-0.2, 0) is 20.4 Å². The molecule has 6 N–H and O–H groups in total. The van der Waals surface area contributed by atoms with Gasteiger partial charge in [0, 0.05) is 18.2 Å². The van der Waals surface area contributed by atoms with Gasteiger partial charge in [0.05, 0.1) is 27.2 Å². The lowest BCUT2D eigenvalue weighted by Crippen LogP contribution is -2.36. The van der Waals surface area contributed by atoms with Gasteiger partial charge in [-0.25, -0.2) is 19.5 Å². The number of methoxy groups -OCH3 is 2. The van der Waals surface area contributed by atoms with E-state index >= 15 is 0 Å². The number of ether oxygens (including phenoxy) is 4. The van der Waals surface area contributed by atoms with Crippen LogP contribution in [0.2, 0.25) is 0 Å². The van der Waals surface area contributed by atoms with Crippen molar-refractivity contribution in [2.45, 2.75) is 31.1 Å². The summed E-state index contributed by atoms with van der Waals surface area (Å²) in [6.45, 7) is -0.505. The minimum absolute atomic E-state index is 0.157. The third-order valence-electron chi connectivity index (χ3n) is 5.19. The van der Waals surface area contributed by atoms with E-state index in [1.807, 2.05) is 0 Å². The summed E-state index contributed by atoms with van der Waals surface area (Å²) in [5, 5.41) is 23.8. The number of aromatic nitrogens is 4. The number of nitrogens with one attached hydrogen (secondary N) is 2. The number of hydrogen-bond acceptors (Lipinski definition) is 12. The first-order valence-electron chi connectivity index (χ1n) is 10.2. The Hall–Kier alpha value is -3.04. The standard InChI is InChI=1S/C19H24N5O10P/c1-30-10-3-9(5-20-17-13-18(22-7-21-13)24-8-23-17)16(11(4-10)31-2)34-19-15(26)14(25)12(33-19)6-32-35(27,28)29/h3-4,7-8,12,14-15,19,25-26H,5-6H2,1-2H3,(H2,27,28,29)(H2,20,21,22,23,24)/t12-,14-,15-,19?/m1/s1. The number of aliphatic hydroxyl groups excluding tert-OH is 2. The monoisotopic (exact) mass is 513 g/mol. The van der Waals surface area contributed by atoms with E-state index < -0.39 is 39.0 Å². The topological polar surface area (TPSA) is 211 Å². The van der Waals surface area contributed by atoms with Crippen LogP contribution in [0.3, 0.4) is 0 Å². The number of nitrogens with zero attached hydrogens (tertiary/aromatic N) is 3. The van der Waals surface area contributed by atoms with Gasteiger partial charge in [-0.1, -0.05) is 0 Å². The maximum atomic E-state index is 11.0. The molecule has 4 atom stereocenters. The number of fused-ring (bicyclic) bond motifs is 1. The van der Waals surface area contributed by atoms with Crippen molar-refractivity contribution in [2.24, 2.45) is 0 Å². The summed E-state index contributed by atoms with van der Waals surface area (Å²) >= 11 is 0. The van der Waals surface area contributed by atoms with Crippen LogP contribution in [0.5, 0.6) is 17.2 Å². The smallest absolute Gasteiger partial charge is 0.469 e. The number of aliphatic hydroxyl groups is 2. The third-order valence-corrected chi connectivity index (χ3v) is 5.68. The maximum absolute atomic E-state index is 11.0. The van der Waals surface area contributed by atoms with Gasteiger partial charge in [-0.05, 0) is 6.07 Å². The van der Waals surface area contributed by atoms with Crippen LogP contribution in [0.4, 0.5) is 5.82 Å². The van der Waals surface area contributed by atoms with Crippen LogP contribution in [0, 0.1) is 0 Å². The fraction of sp³-hybridized carbons (Fsp3) is 0.421. The number of aromatic amines is 1. The lowest BCUT2D eigenvalue weighted by atomic mass is 10.1. The van der Waals surface area contributed by atoms with E-state index in [1.165, 1.54) is 26.9 Å². The molecule has 16 heteroatoms. The largest absolute Gasteiger partial charge is 0.497 e. The van der Waals surface area contributed by atoms with Crippen molar-refractivity contribution >= 4 is 24.8 Å². The molecule has 0 bridgehead atoms. The van der Waals surface area contributed by atoms with E-state index in [0.717, 1.165) is 0 Å². The fourth-order valence-corrected chi connectivity index (χ4v) is 3.82. The molecular weight excluding hydrogens is 489 g/mol. The maximum Gasteiger partial charge on any atom is 0.469 e. The molecule has 1 fully saturated rings. The van der Waals surface area contributed by atoms with Gasteiger partial charge in [-0.3, -0.25) is 4.52 Å². The number of imidazole rings is 1. The molecule has 4 rings (SSSR count). The van der Waals surface area contributed by atoms with Gasteiger partial charge in [0.2, 0.25) is 6.29 Å². The predicted octanol–water partition coefficient (Wildman–Crippen LogP) is -0.0830. The fourth-order valence-electron chi connectivity index (χ4n) is 3.48. The van der Waals surface area contributed by atoms with Crippen molar-refractivity contribution in [3.8, 4) is 17.2 Å². The van der Waals surface area contributed by atoms with Gasteiger partial charge in [0.25, 0.3) is 0 Å². The highest BCUT2D eigenvalue weighted by Crippen LogP contribution is 2.40. The zero-order valence-electron chi connectivity index (χ0n) is 18.6. The highest BCUT2D eigenvalue weighted by atomic mass is 31.2. The molecular formula is C19H24N5O10P. The molecule has 1 aromatic carbocycles. The second kappa shape index (κ2) is 10.3. The van der Waals surface area contributed by atoms with E-state index in [2.05, 4.69) is 29.8 Å². The Labute approximate surface area is 198 Å². The van der Waals surface area contributed by atoms with Crippen LogP contribution < -0.4 is 19.5 Å². The number of phosphoric ester groups is 1. The first-order chi connectivity index (χ1) is 16.7. The number of H-pyrrole nitrogens is 1. The van der Waals surface area contributed by atoms with Crippen molar-refractivity contribution in [3.63, 3.8) is 0 Å². The van der Waals surface area contributed by atoms with E-state index in [9.17, 15) is 14.8 Å². The van der Waals surface area contributed by atoms with E-state index in [0.29, 0.717) is 28.3 Å². The molecule has 3 aromatic rings. The van der Waals surface area contributed by atoms with Crippen molar-refractivity contribution in [3.05, 3.63) is 30.4 Å². The first-order valence-corrected chi connectivity index (χ1v) is 11.7. The minimum atomic E-state index is -4.80. The molecule has 1 unspecified atom stereocenters. The molecule has 0 aliphatic carbocycles. The molecule has 15 nitrogen and oxygen atoms in total. The summed E-state index contributed by atoms with van der Waals surface area (Å²) in [6, 6.07) is 3.23.